The minimum atomic E-state index is -0.393. The van der Waals surface area contributed by atoms with E-state index in [2.05, 4.69) is 34.6 Å². The van der Waals surface area contributed by atoms with Crippen LogP contribution in [0.15, 0.2) is 0 Å². The lowest BCUT2D eigenvalue weighted by atomic mass is 9.94. The molecule has 1 atom stereocenters. The summed E-state index contributed by atoms with van der Waals surface area (Å²) in [5.74, 6) is 0.0712. The van der Waals surface area contributed by atoms with Gasteiger partial charge in [-0.15, -0.1) is 0 Å². The molecule has 0 aromatic carbocycles. The zero-order valence-corrected chi connectivity index (χ0v) is 14.7. The molecule has 0 aromatic heterocycles. The molecule has 0 N–H and O–H groups in total. The number of unbranched alkanes of at least 4 members (excludes halogenated alkanes) is 5. The predicted molar refractivity (Wildman–Crippen MR) is 88.0 cm³/mol. The SMILES string of the molecule is CCCCCCCCC(C)C(C)(OCCC)OCCC. The number of rotatable bonds is 14. The maximum absolute atomic E-state index is 6.02. The summed E-state index contributed by atoms with van der Waals surface area (Å²) >= 11 is 0. The van der Waals surface area contributed by atoms with E-state index in [1.807, 2.05) is 0 Å². The highest BCUT2D eigenvalue weighted by Gasteiger charge is 2.32. The lowest BCUT2D eigenvalue weighted by Crippen LogP contribution is -2.40. The molecule has 0 radical (unpaired) electrons. The van der Waals surface area contributed by atoms with Crippen LogP contribution in [0.4, 0.5) is 0 Å². The zero-order chi connectivity index (χ0) is 15.3. The second-order valence-corrected chi connectivity index (χ2v) is 6.17. The van der Waals surface area contributed by atoms with Crippen molar-refractivity contribution in [2.75, 3.05) is 13.2 Å². The molecule has 2 nitrogen and oxygen atoms in total. The molecule has 20 heavy (non-hydrogen) atoms. The fourth-order valence-corrected chi connectivity index (χ4v) is 2.43. The van der Waals surface area contributed by atoms with Crippen LogP contribution in [0.5, 0.6) is 0 Å². The fourth-order valence-electron chi connectivity index (χ4n) is 2.43. The van der Waals surface area contributed by atoms with E-state index < -0.39 is 5.79 Å². The Balaban J connectivity index is 4.02. The van der Waals surface area contributed by atoms with Crippen LogP contribution in [0.3, 0.4) is 0 Å². The van der Waals surface area contributed by atoms with Gasteiger partial charge in [0, 0.05) is 19.1 Å². The van der Waals surface area contributed by atoms with Crippen LogP contribution in [0.1, 0.15) is 92.4 Å². The molecule has 0 aliphatic rings. The topological polar surface area (TPSA) is 18.5 Å². The van der Waals surface area contributed by atoms with Crippen molar-refractivity contribution in [3.8, 4) is 0 Å². The summed E-state index contributed by atoms with van der Waals surface area (Å²) in [5, 5.41) is 0. The van der Waals surface area contributed by atoms with Gasteiger partial charge in [-0.2, -0.15) is 0 Å². The van der Waals surface area contributed by atoms with Gasteiger partial charge in [0.15, 0.2) is 5.79 Å². The highest BCUT2D eigenvalue weighted by atomic mass is 16.7. The van der Waals surface area contributed by atoms with Crippen LogP contribution in [0, 0.1) is 5.92 Å². The van der Waals surface area contributed by atoms with Gasteiger partial charge in [0.2, 0.25) is 0 Å². The number of hydrogen-bond donors (Lipinski definition) is 0. The van der Waals surface area contributed by atoms with Crippen LogP contribution in [0.25, 0.3) is 0 Å². The molecule has 2 heteroatoms. The van der Waals surface area contributed by atoms with Crippen molar-refractivity contribution in [1.82, 2.24) is 0 Å². The van der Waals surface area contributed by atoms with E-state index in [4.69, 9.17) is 9.47 Å². The summed E-state index contributed by atoms with van der Waals surface area (Å²) in [6.45, 7) is 12.6. The lowest BCUT2D eigenvalue weighted by Gasteiger charge is -2.35. The minimum absolute atomic E-state index is 0.393. The highest BCUT2D eigenvalue weighted by molar-refractivity contribution is 4.72. The van der Waals surface area contributed by atoms with Gasteiger partial charge in [-0.1, -0.05) is 66.2 Å². The second-order valence-electron chi connectivity index (χ2n) is 6.17. The summed E-state index contributed by atoms with van der Waals surface area (Å²) in [4.78, 5) is 0. The normalized spacial score (nSPS) is 13.7. The first-order valence-electron chi connectivity index (χ1n) is 8.88. The fraction of sp³-hybridized carbons (Fsp3) is 1.00. The van der Waals surface area contributed by atoms with Gasteiger partial charge in [0.1, 0.15) is 0 Å². The van der Waals surface area contributed by atoms with Gasteiger partial charge < -0.3 is 9.47 Å². The Labute approximate surface area is 127 Å². The molecule has 0 rings (SSSR count). The van der Waals surface area contributed by atoms with Gasteiger partial charge in [-0.25, -0.2) is 0 Å². The molecule has 0 aliphatic carbocycles. The average molecular weight is 286 g/mol. The second kappa shape index (κ2) is 12.6. The van der Waals surface area contributed by atoms with E-state index in [1.165, 1.54) is 44.9 Å². The Kier molecular flexibility index (Phi) is 12.6. The molecule has 0 amide bonds. The van der Waals surface area contributed by atoms with Crippen molar-refractivity contribution < 1.29 is 9.47 Å². The molecule has 0 aromatic rings. The van der Waals surface area contributed by atoms with Crippen molar-refractivity contribution in [3.63, 3.8) is 0 Å². The van der Waals surface area contributed by atoms with Crippen LogP contribution in [-0.4, -0.2) is 19.0 Å². The molecule has 0 heterocycles. The van der Waals surface area contributed by atoms with Crippen LogP contribution >= 0.6 is 0 Å². The van der Waals surface area contributed by atoms with Crippen LogP contribution in [0.2, 0.25) is 0 Å². The van der Waals surface area contributed by atoms with E-state index in [-0.39, 0.29) is 0 Å². The molecule has 0 aliphatic heterocycles. The Morgan fingerprint density at radius 1 is 0.750 bits per heavy atom. The zero-order valence-electron chi connectivity index (χ0n) is 14.7. The summed E-state index contributed by atoms with van der Waals surface area (Å²) in [5.41, 5.74) is 0. The van der Waals surface area contributed by atoms with Crippen molar-refractivity contribution in [2.45, 2.75) is 98.2 Å². The average Bonchev–Trinajstić information content (AvgIpc) is 2.46. The van der Waals surface area contributed by atoms with E-state index in [9.17, 15) is 0 Å². The highest BCUT2D eigenvalue weighted by Crippen LogP contribution is 2.28. The molecule has 0 fully saturated rings. The predicted octanol–water partition coefficient (Wildman–Crippen LogP) is 5.94. The Bertz CT molecular complexity index is 196. The largest absolute Gasteiger partial charge is 0.350 e. The maximum atomic E-state index is 6.02. The van der Waals surface area contributed by atoms with Crippen LogP contribution < -0.4 is 0 Å². The van der Waals surface area contributed by atoms with Crippen molar-refractivity contribution in [2.24, 2.45) is 5.92 Å². The van der Waals surface area contributed by atoms with Crippen molar-refractivity contribution >= 4 is 0 Å². The van der Waals surface area contributed by atoms with Gasteiger partial charge in [0.25, 0.3) is 0 Å². The molecule has 122 valence electrons. The van der Waals surface area contributed by atoms with E-state index >= 15 is 0 Å². The Morgan fingerprint density at radius 3 is 1.75 bits per heavy atom. The number of hydrogen-bond acceptors (Lipinski definition) is 2. The standard InChI is InChI=1S/C18H38O2/c1-6-9-10-11-12-13-14-17(4)18(5,19-15-7-2)20-16-8-3/h17H,6-16H2,1-5H3. The lowest BCUT2D eigenvalue weighted by molar-refractivity contribution is -0.254. The van der Waals surface area contributed by atoms with Gasteiger partial charge in [-0.3, -0.25) is 0 Å². The third-order valence-electron chi connectivity index (χ3n) is 4.07. The minimum Gasteiger partial charge on any atom is -0.350 e. The first-order valence-corrected chi connectivity index (χ1v) is 8.88. The Morgan fingerprint density at radius 2 is 1.25 bits per heavy atom. The van der Waals surface area contributed by atoms with Gasteiger partial charge in [-0.05, 0) is 26.2 Å². The third kappa shape index (κ3) is 8.97. The van der Waals surface area contributed by atoms with Crippen molar-refractivity contribution in [1.29, 1.82) is 0 Å². The summed E-state index contributed by atoms with van der Waals surface area (Å²) in [7, 11) is 0. The number of ether oxygens (including phenoxy) is 2. The van der Waals surface area contributed by atoms with Crippen LogP contribution in [-0.2, 0) is 9.47 Å². The summed E-state index contributed by atoms with van der Waals surface area (Å²) in [6.07, 6.45) is 11.4. The monoisotopic (exact) mass is 286 g/mol. The summed E-state index contributed by atoms with van der Waals surface area (Å²) < 4.78 is 12.0. The van der Waals surface area contributed by atoms with E-state index in [0.717, 1.165) is 26.1 Å². The molecule has 0 bridgehead atoms. The molecule has 1 unspecified atom stereocenters. The molecule has 0 saturated heterocycles. The first kappa shape index (κ1) is 19.9. The van der Waals surface area contributed by atoms with Gasteiger partial charge in [0.05, 0.1) is 0 Å². The molecule has 0 spiro atoms. The van der Waals surface area contributed by atoms with Crippen molar-refractivity contribution in [3.05, 3.63) is 0 Å². The quantitative estimate of drug-likeness (QED) is 0.290. The summed E-state index contributed by atoms with van der Waals surface area (Å²) in [6, 6.07) is 0. The molecular weight excluding hydrogens is 248 g/mol. The molecule has 0 saturated carbocycles. The maximum Gasteiger partial charge on any atom is 0.167 e. The molecular formula is C18H38O2. The Hall–Kier alpha value is -0.0800. The first-order chi connectivity index (χ1) is 9.60. The van der Waals surface area contributed by atoms with E-state index in [0.29, 0.717) is 5.92 Å². The van der Waals surface area contributed by atoms with Gasteiger partial charge >= 0.3 is 0 Å². The van der Waals surface area contributed by atoms with E-state index in [1.54, 1.807) is 0 Å². The smallest absolute Gasteiger partial charge is 0.167 e. The third-order valence-corrected chi connectivity index (χ3v) is 4.07.